The van der Waals surface area contributed by atoms with Crippen LogP contribution in [0.5, 0.6) is 23.0 Å². The fourth-order valence-electron chi connectivity index (χ4n) is 2.61. The standard InChI is InChI=1S/C22H20O5/c1-25-18-11-7-12-19(15-18)27-21(22(23)24)14-16-8-5-6-13-20(16)26-17-9-3-2-4-10-17/h2-13,15,21H,14H2,1H3,(H,23,24)/t21-/m1/s1. The van der Waals surface area contributed by atoms with Crippen molar-refractivity contribution in [1.82, 2.24) is 0 Å². The van der Waals surface area contributed by atoms with Gasteiger partial charge in [0, 0.05) is 12.5 Å². The van der Waals surface area contributed by atoms with Gasteiger partial charge in [0.1, 0.15) is 23.0 Å². The normalized spacial score (nSPS) is 11.4. The first-order chi connectivity index (χ1) is 13.2. The van der Waals surface area contributed by atoms with Crippen molar-refractivity contribution >= 4 is 5.97 Å². The van der Waals surface area contributed by atoms with Crippen molar-refractivity contribution in [3.8, 4) is 23.0 Å². The Bertz CT molecular complexity index is 892. The fourth-order valence-corrected chi connectivity index (χ4v) is 2.61. The van der Waals surface area contributed by atoms with E-state index in [1.165, 1.54) is 0 Å². The van der Waals surface area contributed by atoms with Crippen LogP contribution in [0.25, 0.3) is 0 Å². The number of rotatable bonds is 8. The molecule has 27 heavy (non-hydrogen) atoms. The van der Waals surface area contributed by atoms with Gasteiger partial charge in [0.15, 0.2) is 6.10 Å². The largest absolute Gasteiger partial charge is 0.497 e. The Morgan fingerprint density at radius 2 is 1.56 bits per heavy atom. The topological polar surface area (TPSA) is 65.0 Å². The number of benzene rings is 3. The first-order valence-corrected chi connectivity index (χ1v) is 8.50. The first kappa shape index (κ1) is 18.3. The average molecular weight is 364 g/mol. The summed E-state index contributed by atoms with van der Waals surface area (Å²) in [6, 6.07) is 23.6. The maximum Gasteiger partial charge on any atom is 0.345 e. The zero-order valence-electron chi connectivity index (χ0n) is 14.9. The molecule has 0 aromatic heterocycles. The number of carbonyl (C=O) groups is 1. The molecule has 0 saturated carbocycles. The highest BCUT2D eigenvalue weighted by Gasteiger charge is 2.22. The van der Waals surface area contributed by atoms with Gasteiger partial charge in [-0.25, -0.2) is 4.79 Å². The number of hydrogen-bond acceptors (Lipinski definition) is 4. The van der Waals surface area contributed by atoms with Gasteiger partial charge in [0.25, 0.3) is 0 Å². The van der Waals surface area contributed by atoms with Crippen molar-refractivity contribution in [2.45, 2.75) is 12.5 Å². The Morgan fingerprint density at radius 3 is 2.30 bits per heavy atom. The van der Waals surface area contributed by atoms with Crippen LogP contribution in [-0.4, -0.2) is 24.3 Å². The van der Waals surface area contributed by atoms with Crippen LogP contribution >= 0.6 is 0 Å². The fraction of sp³-hybridized carbons (Fsp3) is 0.136. The zero-order valence-corrected chi connectivity index (χ0v) is 14.9. The SMILES string of the molecule is COc1cccc(O[C@H](Cc2ccccc2Oc2ccccc2)C(=O)O)c1. The molecule has 0 bridgehead atoms. The number of hydrogen-bond donors (Lipinski definition) is 1. The molecule has 1 N–H and O–H groups in total. The minimum Gasteiger partial charge on any atom is -0.497 e. The second kappa shape index (κ2) is 8.76. The molecule has 1 atom stereocenters. The van der Waals surface area contributed by atoms with E-state index < -0.39 is 12.1 Å². The van der Waals surface area contributed by atoms with Crippen LogP contribution in [0, 0.1) is 0 Å². The molecule has 3 aromatic rings. The lowest BCUT2D eigenvalue weighted by molar-refractivity contribution is -0.145. The molecule has 5 heteroatoms. The lowest BCUT2D eigenvalue weighted by atomic mass is 10.1. The van der Waals surface area contributed by atoms with Crippen molar-refractivity contribution in [2.75, 3.05) is 7.11 Å². The second-order valence-corrected chi connectivity index (χ2v) is 5.85. The number of ether oxygens (including phenoxy) is 3. The van der Waals surface area contributed by atoms with E-state index in [0.717, 1.165) is 5.56 Å². The third-order valence-corrected chi connectivity index (χ3v) is 3.94. The lowest BCUT2D eigenvalue weighted by Gasteiger charge is -2.18. The summed E-state index contributed by atoms with van der Waals surface area (Å²) < 4.78 is 16.8. The molecule has 0 heterocycles. The van der Waals surface area contributed by atoms with Crippen LogP contribution < -0.4 is 14.2 Å². The van der Waals surface area contributed by atoms with Gasteiger partial charge in [-0.1, -0.05) is 42.5 Å². The van der Waals surface area contributed by atoms with Gasteiger partial charge < -0.3 is 19.3 Å². The van der Waals surface area contributed by atoms with Crippen LogP contribution in [0.4, 0.5) is 0 Å². The monoisotopic (exact) mass is 364 g/mol. The number of methoxy groups -OCH3 is 1. The molecule has 3 aromatic carbocycles. The van der Waals surface area contributed by atoms with Gasteiger partial charge in [-0.2, -0.15) is 0 Å². The molecule has 0 aliphatic heterocycles. The predicted octanol–water partition coefficient (Wildman–Crippen LogP) is 4.56. The molecular weight excluding hydrogens is 344 g/mol. The van der Waals surface area contributed by atoms with Crippen LogP contribution in [-0.2, 0) is 11.2 Å². The summed E-state index contributed by atoms with van der Waals surface area (Å²) in [6.07, 6.45) is -0.895. The summed E-state index contributed by atoms with van der Waals surface area (Å²) in [7, 11) is 1.55. The van der Waals surface area contributed by atoms with Gasteiger partial charge in [-0.15, -0.1) is 0 Å². The molecule has 0 saturated heterocycles. The zero-order chi connectivity index (χ0) is 19.1. The second-order valence-electron chi connectivity index (χ2n) is 5.85. The maximum atomic E-state index is 11.7. The highest BCUT2D eigenvalue weighted by atomic mass is 16.5. The van der Waals surface area contributed by atoms with Gasteiger partial charge in [0.2, 0.25) is 0 Å². The third-order valence-electron chi connectivity index (χ3n) is 3.94. The summed E-state index contributed by atoms with van der Waals surface area (Å²) in [5, 5.41) is 9.61. The van der Waals surface area contributed by atoms with E-state index in [-0.39, 0.29) is 6.42 Å². The van der Waals surface area contributed by atoms with Crippen molar-refractivity contribution < 1.29 is 24.1 Å². The van der Waals surface area contributed by atoms with E-state index in [4.69, 9.17) is 14.2 Å². The van der Waals surface area contributed by atoms with E-state index in [1.54, 1.807) is 31.4 Å². The van der Waals surface area contributed by atoms with E-state index in [0.29, 0.717) is 23.0 Å². The number of carboxylic acid groups (broad SMARTS) is 1. The molecular formula is C22H20O5. The average Bonchev–Trinajstić information content (AvgIpc) is 2.70. The van der Waals surface area contributed by atoms with Gasteiger partial charge in [0.05, 0.1) is 7.11 Å². The van der Waals surface area contributed by atoms with Crippen molar-refractivity contribution in [3.05, 3.63) is 84.4 Å². The van der Waals surface area contributed by atoms with Gasteiger partial charge in [-0.05, 0) is 35.9 Å². The van der Waals surface area contributed by atoms with E-state index >= 15 is 0 Å². The molecule has 0 fully saturated rings. The molecule has 0 unspecified atom stereocenters. The number of carboxylic acids is 1. The van der Waals surface area contributed by atoms with Crippen LogP contribution in [0.15, 0.2) is 78.9 Å². The summed E-state index contributed by atoms with van der Waals surface area (Å²) in [4.78, 5) is 11.7. The van der Waals surface area contributed by atoms with Crippen molar-refractivity contribution in [3.63, 3.8) is 0 Å². The molecule has 5 nitrogen and oxygen atoms in total. The molecule has 3 rings (SSSR count). The lowest BCUT2D eigenvalue weighted by Crippen LogP contribution is -2.29. The predicted molar refractivity (Wildman–Crippen MR) is 102 cm³/mol. The van der Waals surface area contributed by atoms with E-state index in [9.17, 15) is 9.90 Å². The Kier molecular flexibility index (Phi) is 5.94. The number of para-hydroxylation sites is 2. The van der Waals surface area contributed by atoms with Crippen molar-refractivity contribution in [1.29, 1.82) is 0 Å². The van der Waals surface area contributed by atoms with Gasteiger partial charge in [-0.3, -0.25) is 0 Å². The minimum atomic E-state index is -1.06. The molecule has 0 aliphatic carbocycles. The quantitative estimate of drug-likeness (QED) is 0.635. The molecule has 0 spiro atoms. The molecule has 0 radical (unpaired) electrons. The Balaban J connectivity index is 1.79. The summed E-state index contributed by atoms with van der Waals surface area (Å²) in [5.74, 6) is 1.27. The van der Waals surface area contributed by atoms with Crippen LogP contribution in [0.2, 0.25) is 0 Å². The molecule has 138 valence electrons. The Labute approximate surface area is 157 Å². The van der Waals surface area contributed by atoms with Crippen LogP contribution in [0.3, 0.4) is 0 Å². The minimum absolute atomic E-state index is 0.162. The maximum absolute atomic E-state index is 11.7. The summed E-state index contributed by atoms with van der Waals surface area (Å²) in [5.41, 5.74) is 0.747. The van der Waals surface area contributed by atoms with Gasteiger partial charge >= 0.3 is 5.97 Å². The highest BCUT2D eigenvalue weighted by molar-refractivity contribution is 5.73. The first-order valence-electron chi connectivity index (χ1n) is 8.50. The third kappa shape index (κ3) is 5.01. The Morgan fingerprint density at radius 1 is 0.889 bits per heavy atom. The number of aliphatic carboxylic acids is 1. The smallest absolute Gasteiger partial charge is 0.345 e. The molecule has 0 amide bonds. The highest BCUT2D eigenvalue weighted by Crippen LogP contribution is 2.27. The summed E-state index contributed by atoms with van der Waals surface area (Å²) in [6.45, 7) is 0. The van der Waals surface area contributed by atoms with Crippen LogP contribution in [0.1, 0.15) is 5.56 Å². The van der Waals surface area contributed by atoms with E-state index in [1.807, 2.05) is 54.6 Å². The van der Waals surface area contributed by atoms with Crippen molar-refractivity contribution in [2.24, 2.45) is 0 Å². The summed E-state index contributed by atoms with van der Waals surface area (Å²) >= 11 is 0. The Hall–Kier alpha value is -3.47. The van der Waals surface area contributed by atoms with E-state index in [2.05, 4.69) is 0 Å². The molecule has 0 aliphatic rings.